The van der Waals surface area contributed by atoms with Crippen LogP contribution in [0.15, 0.2) is 52.4 Å². The van der Waals surface area contributed by atoms with E-state index in [-0.39, 0.29) is 5.91 Å². The second-order valence-electron chi connectivity index (χ2n) is 5.80. The van der Waals surface area contributed by atoms with Gasteiger partial charge in [0.2, 0.25) is 11.8 Å². The molecular formula is C17H17N5O2S. The van der Waals surface area contributed by atoms with Gasteiger partial charge in [-0.2, -0.15) is 5.10 Å². The average Bonchev–Trinajstić information content (AvgIpc) is 3.37. The zero-order valence-electron chi connectivity index (χ0n) is 13.5. The summed E-state index contributed by atoms with van der Waals surface area (Å²) in [6.07, 6.45) is 5.34. The van der Waals surface area contributed by atoms with Crippen molar-refractivity contribution in [1.82, 2.24) is 24.9 Å². The third-order valence-electron chi connectivity index (χ3n) is 3.96. The number of nitrogens with zero attached hydrogens (tertiary/aromatic N) is 5. The number of para-hydroxylation sites is 1. The Kier molecular flexibility index (Phi) is 4.51. The number of thioether (sulfide) groups is 1. The second-order valence-corrected chi connectivity index (χ2v) is 6.72. The minimum absolute atomic E-state index is 0.153. The van der Waals surface area contributed by atoms with Crippen LogP contribution in [-0.4, -0.2) is 37.3 Å². The van der Waals surface area contributed by atoms with Gasteiger partial charge >= 0.3 is 0 Å². The number of benzene rings is 1. The predicted octanol–water partition coefficient (Wildman–Crippen LogP) is 2.67. The molecule has 8 heteroatoms. The van der Waals surface area contributed by atoms with Crippen LogP contribution in [0.4, 0.5) is 0 Å². The third-order valence-corrected chi connectivity index (χ3v) is 4.85. The topological polar surface area (TPSA) is 77.1 Å². The van der Waals surface area contributed by atoms with Crippen LogP contribution in [0.25, 0.3) is 5.69 Å². The number of hydrogen-bond acceptors (Lipinski definition) is 6. The Hall–Kier alpha value is -2.61. The van der Waals surface area contributed by atoms with Crippen LogP contribution < -0.4 is 0 Å². The maximum absolute atomic E-state index is 11.6. The average molecular weight is 355 g/mol. The number of rotatable bonds is 6. The van der Waals surface area contributed by atoms with Crippen LogP contribution in [0, 0.1) is 0 Å². The van der Waals surface area contributed by atoms with Crippen molar-refractivity contribution in [1.29, 1.82) is 0 Å². The summed E-state index contributed by atoms with van der Waals surface area (Å²) in [6.45, 7) is 1.17. The van der Waals surface area contributed by atoms with Crippen LogP contribution in [-0.2, 0) is 17.1 Å². The molecule has 128 valence electrons. The summed E-state index contributed by atoms with van der Waals surface area (Å²) in [4.78, 5) is 13.4. The van der Waals surface area contributed by atoms with Gasteiger partial charge in [0, 0.05) is 30.5 Å². The number of carbonyl (C=O) groups excluding carboxylic acids is 1. The molecule has 0 unspecified atom stereocenters. The molecule has 0 spiro atoms. The van der Waals surface area contributed by atoms with Crippen molar-refractivity contribution in [3.8, 4) is 5.69 Å². The minimum Gasteiger partial charge on any atom is -0.414 e. The summed E-state index contributed by atoms with van der Waals surface area (Å²) in [7, 11) is 0. The molecule has 7 nitrogen and oxygen atoms in total. The largest absolute Gasteiger partial charge is 0.414 e. The Bertz CT molecular complexity index is 861. The van der Waals surface area contributed by atoms with E-state index in [2.05, 4.69) is 15.3 Å². The Balaban J connectivity index is 1.34. The number of amides is 1. The summed E-state index contributed by atoms with van der Waals surface area (Å²) in [5.41, 5.74) is 2.09. The predicted molar refractivity (Wildman–Crippen MR) is 92.1 cm³/mol. The SMILES string of the molecule is O=C1CCCN1Cc1nnc(SCc2cnn(-c3ccccc3)c2)o1. The molecule has 1 saturated heterocycles. The van der Waals surface area contributed by atoms with Gasteiger partial charge in [0.1, 0.15) is 0 Å². The van der Waals surface area contributed by atoms with E-state index in [9.17, 15) is 4.79 Å². The third kappa shape index (κ3) is 3.74. The van der Waals surface area contributed by atoms with Crippen molar-refractivity contribution in [2.24, 2.45) is 0 Å². The summed E-state index contributed by atoms with van der Waals surface area (Å²) >= 11 is 1.46. The fourth-order valence-corrected chi connectivity index (χ4v) is 3.39. The highest BCUT2D eigenvalue weighted by atomic mass is 32.2. The van der Waals surface area contributed by atoms with E-state index in [1.54, 1.807) is 4.90 Å². The molecule has 0 N–H and O–H groups in total. The molecule has 0 atom stereocenters. The molecule has 3 heterocycles. The first-order valence-corrected chi connectivity index (χ1v) is 9.08. The van der Waals surface area contributed by atoms with Crippen molar-refractivity contribution >= 4 is 17.7 Å². The molecule has 0 bridgehead atoms. The Morgan fingerprint density at radius 2 is 2.08 bits per heavy atom. The van der Waals surface area contributed by atoms with Crippen LogP contribution in [0.2, 0.25) is 0 Å². The van der Waals surface area contributed by atoms with Crippen LogP contribution in [0.1, 0.15) is 24.3 Å². The van der Waals surface area contributed by atoms with Gasteiger partial charge in [0.15, 0.2) is 0 Å². The standard InChI is InChI=1S/C17H17N5O2S/c23-16-7-4-8-21(16)11-15-19-20-17(24-15)25-12-13-9-18-22(10-13)14-5-2-1-3-6-14/h1-3,5-6,9-10H,4,7-8,11-12H2. The zero-order valence-corrected chi connectivity index (χ0v) is 14.4. The molecule has 25 heavy (non-hydrogen) atoms. The lowest BCUT2D eigenvalue weighted by Gasteiger charge is -2.11. The van der Waals surface area contributed by atoms with Gasteiger partial charge in [-0.1, -0.05) is 30.0 Å². The highest BCUT2D eigenvalue weighted by Gasteiger charge is 2.22. The van der Waals surface area contributed by atoms with Crippen molar-refractivity contribution in [2.45, 2.75) is 30.4 Å². The second kappa shape index (κ2) is 7.10. The molecule has 0 radical (unpaired) electrons. The first-order valence-electron chi connectivity index (χ1n) is 8.10. The van der Waals surface area contributed by atoms with Gasteiger partial charge in [-0.15, -0.1) is 10.2 Å². The molecule has 0 saturated carbocycles. The number of likely N-dealkylation sites (tertiary alicyclic amines) is 1. The molecule has 4 rings (SSSR count). The summed E-state index contributed by atoms with van der Waals surface area (Å²) in [5, 5.41) is 13.0. The summed E-state index contributed by atoms with van der Waals surface area (Å²) < 4.78 is 7.47. The number of carbonyl (C=O) groups is 1. The van der Waals surface area contributed by atoms with E-state index < -0.39 is 0 Å². The molecule has 2 aromatic heterocycles. The molecular weight excluding hydrogens is 338 g/mol. The molecule has 3 aromatic rings. The molecule has 1 aliphatic heterocycles. The van der Waals surface area contributed by atoms with Crippen molar-refractivity contribution < 1.29 is 9.21 Å². The maximum atomic E-state index is 11.6. The Morgan fingerprint density at radius 1 is 1.20 bits per heavy atom. The maximum Gasteiger partial charge on any atom is 0.276 e. The highest BCUT2D eigenvalue weighted by Crippen LogP contribution is 2.23. The van der Waals surface area contributed by atoms with E-state index in [0.717, 1.165) is 24.2 Å². The lowest BCUT2D eigenvalue weighted by atomic mass is 10.3. The lowest BCUT2D eigenvalue weighted by Crippen LogP contribution is -2.23. The summed E-state index contributed by atoms with van der Waals surface area (Å²) in [6, 6.07) is 9.96. The number of hydrogen-bond donors (Lipinski definition) is 0. The molecule has 1 aliphatic rings. The van der Waals surface area contributed by atoms with Gasteiger partial charge in [-0.3, -0.25) is 4.79 Å². The molecule has 1 fully saturated rings. The van der Waals surface area contributed by atoms with Crippen LogP contribution in [0.5, 0.6) is 0 Å². The Labute approximate surface area is 149 Å². The van der Waals surface area contributed by atoms with E-state index >= 15 is 0 Å². The highest BCUT2D eigenvalue weighted by molar-refractivity contribution is 7.98. The monoisotopic (exact) mass is 355 g/mol. The molecule has 1 amide bonds. The Morgan fingerprint density at radius 3 is 2.88 bits per heavy atom. The number of aromatic nitrogens is 4. The van der Waals surface area contributed by atoms with Crippen LogP contribution in [0.3, 0.4) is 0 Å². The lowest BCUT2D eigenvalue weighted by molar-refractivity contribution is -0.128. The molecule has 0 aliphatic carbocycles. The van der Waals surface area contributed by atoms with Crippen molar-refractivity contribution in [3.63, 3.8) is 0 Å². The zero-order chi connectivity index (χ0) is 17.1. The smallest absolute Gasteiger partial charge is 0.276 e. The normalized spacial score (nSPS) is 14.4. The van der Waals surface area contributed by atoms with Crippen molar-refractivity contribution in [3.05, 3.63) is 54.2 Å². The van der Waals surface area contributed by atoms with Gasteiger partial charge < -0.3 is 9.32 Å². The van der Waals surface area contributed by atoms with E-state index in [1.807, 2.05) is 47.4 Å². The van der Waals surface area contributed by atoms with Crippen LogP contribution >= 0.6 is 11.8 Å². The van der Waals surface area contributed by atoms with Gasteiger partial charge in [0.05, 0.1) is 18.4 Å². The van der Waals surface area contributed by atoms with E-state index in [0.29, 0.717) is 29.8 Å². The fourth-order valence-electron chi connectivity index (χ4n) is 2.70. The minimum atomic E-state index is 0.153. The molecule has 1 aromatic carbocycles. The fraction of sp³-hybridized carbons (Fsp3) is 0.294. The quantitative estimate of drug-likeness (QED) is 0.633. The van der Waals surface area contributed by atoms with Gasteiger partial charge in [-0.05, 0) is 18.6 Å². The van der Waals surface area contributed by atoms with E-state index in [1.165, 1.54) is 11.8 Å². The van der Waals surface area contributed by atoms with E-state index in [4.69, 9.17) is 4.42 Å². The van der Waals surface area contributed by atoms with Gasteiger partial charge in [0.25, 0.3) is 5.22 Å². The first kappa shape index (κ1) is 15.9. The van der Waals surface area contributed by atoms with Gasteiger partial charge in [-0.25, -0.2) is 4.68 Å². The summed E-state index contributed by atoms with van der Waals surface area (Å²) in [5.74, 6) is 1.33. The van der Waals surface area contributed by atoms with Crippen molar-refractivity contribution in [2.75, 3.05) is 6.54 Å². The first-order chi connectivity index (χ1) is 12.3.